The summed E-state index contributed by atoms with van der Waals surface area (Å²) in [6, 6.07) is 1.95. The number of hydrogen-bond donors (Lipinski definition) is 1. The summed E-state index contributed by atoms with van der Waals surface area (Å²) in [5, 5.41) is 10.1. The normalized spacial score (nSPS) is 14.9. The van der Waals surface area contributed by atoms with Gasteiger partial charge in [0.05, 0.1) is 6.10 Å². The van der Waals surface area contributed by atoms with Gasteiger partial charge in [-0.05, 0) is 30.9 Å². The molecule has 15 heavy (non-hydrogen) atoms. The third-order valence-electron chi connectivity index (χ3n) is 2.85. The molecule has 1 aromatic heterocycles. The fraction of sp³-hybridized carbons (Fsp3) is 0.615. The molecule has 0 aliphatic rings. The smallest absolute Gasteiger partial charge is 0.0810 e. The molecule has 0 saturated carbocycles. The van der Waals surface area contributed by atoms with Crippen molar-refractivity contribution in [1.82, 2.24) is 4.98 Å². The molecule has 1 heterocycles. The fourth-order valence-electron chi connectivity index (χ4n) is 1.94. The van der Waals surface area contributed by atoms with E-state index in [0.717, 1.165) is 17.5 Å². The quantitative estimate of drug-likeness (QED) is 0.804. The Kier molecular flexibility index (Phi) is 4.76. The minimum absolute atomic E-state index is 0.361. The third-order valence-corrected chi connectivity index (χ3v) is 2.85. The first-order valence-corrected chi connectivity index (χ1v) is 5.73. The van der Waals surface area contributed by atoms with Crippen molar-refractivity contribution >= 4 is 0 Å². The summed E-state index contributed by atoms with van der Waals surface area (Å²) in [6.45, 7) is 6.39. The molecule has 0 aromatic carbocycles. The minimum atomic E-state index is -0.361. The number of hydrogen-bond acceptors (Lipinski definition) is 2. The van der Waals surface area contributed by atoms with Gasteiger partial charge in [-0.3, -0.25) is 4.98 Å². The number of pyridine rings is 1. The van der Waals surface area contributed by atoms with E-state index in [1.54, 1.807) is 12.4 Å². The number of aliphatic hydroxyl groups is 1. The SMILES string of the molecule is CCCC(C)CC(O)c1cnccc1C. The molecular weight excluding hydrogens is 186 g/mol. The van der Waals surface area contributed by atoms with E-state index in [2.05, 4.69) is 18.8 Å². The summed E-state index contributed by atoms with van der Waals surface area (Å²) < 4.78 is 0. The van der Waals surface area contributed by atoms with Crippen molar-refractivity contribution in [3.8, 4) is 0 Å². The van der Waals surface area contributed by atoms with Gasteiger partial charge in [-0.15, -0.1) is 0 Å². The second-order valence-electron chi connectivity index (χ2n) is 4.38. The summed E-state index contributed by atoms with van der Waals surface area (Å²) in [5.41, 5.74) is 2.10. The monoisotopic (exact) mass is 207 g/mol. The highest BCUT2D eigenvalue weighted by Gasteiger charge is 2.13. The number of aromatic nitrogens is 1. The van der Waals surface area contributed by atoms with Crippen LogP contribution >= 0.6 is 0 Å². The van der Waals surface area contributed by atoms with Crippen LogP contribution < -0.4 is 0 Å². The van der Waals surface area contributed by atoms with Crippen LogP contribution in [0.3, 0.4) is 0 Å². The van der Waals surface area contributed by atoms with Crippen molar-refractivity contribution in [3.63, 3.8) is 0 Å². The molecule has 2 unspecified atom stereocenters. The van der Waals surface area contributed by atoms with Crippen molar-refractivity contribution in [3.05, 3.63) is 29.6 Å². The second-order valence-corrected chi connectivity index (χ2v) is 4.38. The second kappa shape index (κ2) is 5.86. The average Bonchev–Trinajstić information content (AvgIpc) is 2.18. The zero-order valence-corrected chi connectivity index (χ0v) is 9.90. The van der Waals surface area contributed by atoms with Gasteiger partial charge in [-0.1, -0.05) is 26.7 Å². The van der Waals surface area contributed by atoms with E-state index in [1.165, 1.54) is 12.8 Å². The number of rotatable bonds is 5. The predicted molar refractivity (Wildman–Crippen MR) is 62.6 cm³/mol. The van der Waals surface area contributed by atoms with E-state index >= 15 is 0 Å². The number of aryl methyl sites for hydroxylation is 1. The first kappa shape index (κ1) is 12.2. The van der Waals surface area contributed by atoms with Crippen LogP contribution in [-0.4, -0.2) is 10.1 Å². The molecule has 84 valence electrons. The number of nitrogens with zero attached hydrogens (tertiary/aromatic N) is 1. The molecule has 0 saturated heterocycles. The van der Waals surface area contributed by atoms with Gasteiger partial charge in [0.25, 0.3) is 0 Å². The maximum absolute atomic E-state index is 10.1. The summed E-state index contributed by atoms with van der Waals surface area (Å²) in [7, 11) is 0. The topological polar surface area (TPSA) is 33.1 Å². The van der Waals surface area contributed by atoms with Crippen LogP contribution in [0.25, 0.3) is 0 Å². The molecule has 0 aliphatic carbocycles. The molecule has 0 amide bonds. The molecule has 2 nitrogen and oxygen atoms in total. The molecule has 2 atom stereocenters. The van der Waals surface area contributed by atoms with Gasteiger partial charge in [-0.2, -0.15) is 0 Å². The van der Waals surface area contributed by atoms with E-state index < -0.39 is 0 Å². The first-order chi connectivity index (χ1) is 7.15. The summed E-state index contributed by atoms with van der Waals surface area (Å²) in [6.07, 6.45) is 6.37. The lowest BCUT2D eigenvalue weighted by Crippen LogP contribution is -2.06. The molecule has 0 aliphatic heterocycles. The van der Waals surface area contributed by atoms with Crippen molar-refractivity contribution in [1.29, 1.82) is 0 Å². The van der Waals surface area contributed by atoms with E-state index in [-0.39, 0.29) is 6.10 Å². The van der Waals surface area contributed by atoms with Gasteiger partial charge in [0.2, 0.25) is 0 Å². The zero-order valence-electron chi connectivity index (χ0n) is 9.90. The maximum atomic E-state index is 10.1. The van der Waals surface area contributed by atoms with E-state index in [1.807, 2.05) is 13.0 Å². The minimum Gasteiger partial charge on any atom is -0.388 e. The largest absolute Gasteiger partial charge is 0.388 e. The lowest BCUT2D eigenvalue weighted by atomic mass is 9.94. The zero-order chi connectivity index (χ0) is 11.3. The van der Waals surface area contributed by atoms with E-state index in [9.17, 15) is 5.11 Å². The Morgan fingerprint density at radius 1 is 1.47 bits per heavy atom. The van der Waals surface area contributed by atoms with Gasteiger partial charge in [0.15, 0.2) is 0 Å². The van der Waals surface area contributed by atoms with Crippen molar-refractivity contribution in [2.75, 3.05) is 0 Å². The lowest BCUT2D eigenvalue weighted by Gasteiger charge is -2.17. The van der Waals surface area contributed by atoms with Crippen LogP contribution in [0.2, 0.25) is 0 Å². The van der Waals surface area contributed by atoms with Gasteiger partial charge in [0.1, 0.15) is 0 Å². The average molecular weight is 207 g/mol. The van der Waals surface area contributed by atoms with Gasteiger partial charge < -0.3 is 5.11 Å². The van der Waals surface area contributed by atoms with Gasteiger partial charge in [-0.25, -0.2) is 0 Å². The lowest BCUT2D eigenvalue weighted by molar-refractivity contribution is 0.144. The predicted octanol–water partition coefficient (Wildman–Crippen LogP) is 3.25. The fourth-order valence-corrected chi connectivity index (χ4v) is 1.94. The summed E-state index contributed by atoms with van der Waals surface area (Å²) in [4.78, 5) is 4.06. The van der Waals surface area contributed by atoms with Gasteiger partial charge >= 0.3 is 0 Å². The van der Waals surface area contributed by atoms with Crippen molar-refractivity contribution < 1.29 is 5.11 Å². The Balaban J connectivity index is 2.61. The highest BCUT2D eigenvalue weighted by atomic mass is 16.3. The third kappa shape index (κ3) is 3.63. The Bertz CT molecular complexity index is 298. The number of aliphatic hydroxyl groups excluding tert-OH is 1. The molecule has 2 heteroatoms. The van der Waals surface area contributed by atoms with Crippen LogP contribution in [0.4, 0.5) is 0 Å². The molecule has 0 radical (unpaired) electrons. The Hall–Kier alpha value is -0.890. The van der Waals surface area contributed by atoms with Crippen LogP contribution in [0.15, 0.2) is 18.5 Å². The molecule has 1 N–H and O–H groups in total. The molecule has 0 bridgehead atoms. The Morgan fingerprint density at radius 3 is 2.80 bits per heavy atom. The van der Waals surface area contributed by atoms with Crippen LogP contribution in [0, 0.1) is 12.8 Å². The van der Waals surface area contributed by atoms with E-state index in [0.29, 0.717) is 5.92 Å². The highest BCUT2D eigenvalue weighted by Crippen LogP contribution is 2.25. The molecule has 0 fully saturated rings. The summed E-state index contributed by atoms with van der Waals surface area (Å²) in [5.74, 6) is 0.574. The maximum Gasteiger partial charge on any atom is 0.0810 e. The van der Waals surface area contributed by atoms with Crippen LogP contribution in [0.5, 0.6) is 0 Å². The Labute approximate surface area is 92.4 Å². The first-order valence-electron chi connectivity index (χ1n) is 5.73. The summed E-state index contributed by atoms with van der Waals surface area (Å²) >= 11 is 0. The highest BCUT2D eigenvalue weighted by molar-refractivity contribution is 5.23. The van der Waals surface area contributed by atoms with Crippen molar-refractivity contribution in [2.45, 2.75) is 46.1 Å². The Morgan fingerprint density at radius 2 is 2.20 bits per heavy atom. The van der Waals surface area contributed by atoms with Gasteiger partial charge in [0, 0.05) is 18.0 Å². The molecule has 1 rings (SSSR count). The molecule has 0 spiro atoms. The van der Waals surface area contributed by atoms with Crippen LogP contribution in [-0.2, 0) is 0 Å². The van der Waals surface area contributed by atoms with Crippen molar-refractivity contribution in [2.24, 2.45) is 5.92 Å². The van der Waals surface area contributed by atoms with E-state index in [4.69, 9.17) is 0 Å². The molecule has 1 aromatic rings. The molecular formula is C13H21NO. The van der Waals surface area contributed by atoms with Crippen LogP contribution in [0.1, 0.15) is 50.3 Å². The standard InChI is InChI=1S/C13H21NO/c1-4-5-10(2)8-13(15)12-9-14-7-6-11(12)3/h6-7,9-10,13,15H,4-5,8H2,1-3H3.